The van der Waals surface area contributed by atoms with Crippen molar-refractivity contribution in [1.29, 1.82) is 0 Å². The lowest BCUT2D eigenvalue weighted by Crippen LogP contribution is -2.67. The van der Waals surface area contributed by atoms with Gasteiger partial charge in [0.05, 0.1) is 0 Å². The Hall–Kier alpha value is -0.330. The molecule has 5 fully saturated rings. The van der Waals surface area contributed by atoms with E-state index in [1.165, 1.54) is 57.8 Å². The minimum Gasteiger partial charge on any atom is -0.299 e. The highest BCUT2D eigenvalue weighted by molar-refractivity contribution is 5.82. The van der Waals surface area contributed by atoms with E-state index >= 15 is 0 Å². The highest BCUT2D eigenvalue weighted by atomic mass is 16.1. The highest BCUT2D eigenvalue weighted by Gasteiger charge is 2.70. The Morgan fingerprint density at radius 1 is 0.645 bits per heavy atom. The molecule has 5 saturated carbocycles. The quantitative estimate of drug-likeness (QED) is 0.379. The van der Waals surface area contributed by atoms with Gasteiger partial charge in [0.15, 0.2) is 0 Å². The van der Waals surface area contributed by atoms with Crippen molar-refractivity contribution in [2.45, 2.75) is 126 Å². The standard InChI is InChI=1S/C30H50O/c1-20-21(31)9-10-22-27(20,5)12-11-23-28(22,6)16-18-30(8)24-19-25(2,3)13-14-26(24,4)15-17-29(23,30)7/h20,22-24H,9-19H2,1-8H3/t20-,22-,23+,24-,26+,27-,28+,29-,30+/m0/s1. The fourth-order valence-corrected chi connectivity index (χ4v) is 11.2. The van der Waals surface area contributed by atoms with Crippen molar-refractivity contribution in [2.24, 2.45) is 56.2 Å². The van der Waals surface area contributed by atoms with E-state index in [0.29, 0.717) is 32.9 Å². The topological polar surface area (TPSA) is 17.1 Å². The van der Waals surface area contributed by atoms with Gasteiger partial charge in [-0.05, 0) is 114 Å². The molecule has 5 aliphatic rings. The van der Waals surface area contributed by atoms with Crippen molar-refractivity contribution < 1.29 is 4.79 Å². The fourth-order valence-electron chi connectivity index (χ4n) is 11.2. The highest BCUT2D eigenvalue weighted by Crippen LogP contribution is 2.78. The van der Waals surface area contributed by atoms with Crippen molar-refractivity contribution in [2.75, 3.05) is 0 Å². The monoisotopic (exact) mass is 426 g/mol. The summed E-state index contributed by atoms with van der Waals surface area (Å²) in [5, 5.41) is 0. The zero-order valence-corrected chi connectivity index (χ0v) is 22.0. The first kappa shape index (κ1) is 22.5. The minimum absolute atomic E-state index is 0.237. The first-order valence-corrected chi connectivity index (χ1v) is 13.7. The van der Waals surface area contributed by atoms with Crippen molar-refractivity contribution in [3.63, 3.8) is 0 Å². The van der Waals surface area contributed by atoms with Gasteiger partial charge in [-0.2, -0.15) is 0 Å². The van der Waals surface area contributed by atoms with Gasteiger partial charge < -0.3 is 0 Å². The predicted molar refractivity (Wildman–Crippen MR) is 130 cm³/mol. The Morgan fingerprint density at radius 3 is 1.97 bits per heavy atom. The molecular formula is C30H50O. The summed E-state index contributed by atoms with van der Waals surface area (Å²) in [5.74, 6) is 3.27. The lowest BCUT2D eigenvalue weighted by molar-refractivity contribution is -0.256. The van der Waals surface area contributed by atoms with Crippen LogP contribution in [0.1, 0.15) is 126 Å². The first-order chi connectivity index (χ1) is 14.2. The van der Waals surface area contributed by atoms with E-state index in [2.05, 4.69) is 55.4 Å². The molecular weight excluding hydrogens is 376 g/mol. The summed E-state index contributed by atoms with van der Waals surface area (Å²) >= 11 is 0. The van der Waals surface area contributed by atoms with Crippen LogP contribution < -0.4 is 0 Å². The zero-order chi connectivity index (χ0) is 22.7. The maximum absolute atomic E-state index is 12.7. The summed E-state index contributed by atoms with van der Waals surface area (Å²) in [7, 11) is 0. The normalized spacial score (nSPS) is 58.5. The molecule has 0 N–H and O–H groups in total. The van der Waals surface area contributed by atoms with Crippen LogP contribution in [-0.4, -0.2) is 5.78 Å². The lowest BCUT2D eigenvalue weighted by atomic mass is 9.30. The summed E-state index contributed by atoms with van der Waals surface area (Å²) in [5.41, 5.74) is 2.67. The van der Waals surface area contributed by atoms with E-state index < -0.39 is 0 Å². The van der Waals surface area contributed by atoms with Crippen LogP contribution in [0.15, 0.2) is 0 Å². The van der Waals surface area contributed by atoms with Gasteiger partial charge in [-0.15, -0.1) is 0 Å². The number of rotatable bonds is 0. The average Bonchev–Trinajstić information content (AvgIpc) is 2.69. The van der Waals surface area contributed by atoms with Gasteiger partial charge in [-0.1, -0.05) is 55.4 Å². The molecule has 31 heavy (non-hydrogen) atoms. The predicted octanol–water partition coefficient (Wildman–Crippen LogP) is 8.46. The van der Waals surface area contributed by atoms with Crippen molar-refractivity contribution in [3.8, 4) is 0 Å². The SMILES string of the molecule is C[C@H]1C(=O)CC[C@@H]2[C@@]3(C)CC[C@]4(C)[C@H]5CC(C)(C)CC[C@]5(C)CC[C@@]4(C)[C@@H]3CC[C@]21C. The molecule has 0 aliphatic heterocycles. The second-order valence-electron chi connectivity index (χ2n) is 15.3. The summed E-state index contributed by atoms with van der Waals surface area (Å²) in [6.07, 6.45) is 14.6. The largest absolute Gasteiger partial charge is 0.299 e. The van der Waals surface area contributed by atoms with Crippen LogP contribution in [-0.2, 0) is 4.79 Å². The third-order valence-electron chi connectivity index (χ3n) is 13.7. The number of ketones is 1. The first-order valence-electron chi connectivity index (χ1n) is 13.7. The number of fused-ring (bicyclic) bond motifs is 7. The molecule has 0 bridgehead atoms. The Bertz CT molecular complexity index is 781. The molecule has 176 valence electrons. The molecule has 0 aromatic carbocycles. The second kappa shape index (κ2) is 6.41. The third kappa shape index (κ3) is 2.70. The molecule has 1 heteroatoms. The van der Waals surface area contributed by atoms with Crippen molar-refractivity contribution >= 4 is 5.78 Å². The van der Waals surface area contributed by atoms with Crippen molar-refractivity contribution in [3.05, 3.63) is 0 Å². The van der Waals surface area contributed by atoms with Crippen LogP contribution in [0.25, 0.3) is 0 Å². The molecule has 0 heterocycles. The van der Waals surface area contributed by atoms with Gasteiger partial charge in [-0.3, -0.25) is 4.79 Å². The number of Topliss-reactive ketones (excluding diaryl/α,β-unsaturated/α-hetero) is 1. The molecule has 0 saturated heterocycles. The zero-order valence-electron chi connectivity index (χ0n) is 22.0. The van der Waals surface area contributed by atoms with E-state index in [-0.39, 0.29) is 11.3 Å². The minimum atomic E-state index is 0.237. The van der Waals surface area contributed by atoms with E-state index in [1.807, 2.05) is 0 Å². The summed E-state index contributed by atoms with van der Waals surface area (Å²) in [4.78, 5) is 12.7. The van der Waals surface area contributed by atoms with Gasteiger partial charge in [0, 0.05) is 12.3 Å². The summed E-state index contributed by atoms with van der Waals surface area (Å²) in [6, 6.07) is 0. The van der Waals surface area contributed by atoms with Crippen LogP contribution >= 0.6 is 0 Å². The third-order valence-corrected chi connectivity index (χ3v) is 13.7. The Balaban J connectivity index is 1.55. The smallest absolute Gasteiger partial charge is 0.136 e. The molecule has 0 spiro atoms. The van der Waals surface area contributed by atoms with Crippen LogP contribution in [0.5, 0.6) is 0 Å². The average molecular weight is 427 g/mol. The summed E-state index contributed by atoms with van der Waals surface area (Å²) in [6.45, 7) is 20.7. The van der Waals surface area contributed by atoms with Gasteiger partial charge in [0.2, 0.25) is 0 Å². The molecule has 5 aliphatic carbocycles. The number of carbonyl (C=O) groups is 1. The van der Waals surface area contributed by atoms with Crippen LogP contribution in [0, 0.1) is 56.2 Å². The fraction of sp³-hybridized carbons (Fsp3) is 0.967. The second-order valence-corrected chi connectivity index (χ2v) is 15.3. The van der Waals surface area contributed by atoms with E-state index in [4.69, 9.17) is 0 Å². The Labute approximate surface area is 192 Å². The maximum Gasteiger partial charge on any atom is 0.136 e. The number of carbonyl (C=O) groups excluding carboxylic acids is 1. The summed E-state index contributed by atoms with van der Waals surface area (Å²) < 4.78 is 0. The van der Waals surface area contributed by atoms with Gasteiger partial charge in [0.25, 0.3) is 0 Å². The van der Waals surface area contributed by atoms with Crippen LogP contribution in [0.2, 0.25) is 0 Å². The molecule has 0 amide bonds. The van der Waals surface area contributed by atoms with Gasteiger partial charge in [0.1, 0.15) is 5.78 Å². The van der Waals surface area contributed by atoms with Crippen LogP contribution in [0.3, 0.4) is 0 Å². The molecule has 5 rings (SSSR count). The molecule has 9 atom stereocenters. The van der Waals surface area contributed by atoms with E-state index in [0.717, 1.165) is 30.6 Å². The van der Waals surface area contributed by atoms with Crippen molar-refractivity contribution in [1.82, 2.24) is 0 Å². The van der Waals surface area contributed by atoms with Gasteiger partial charge in [-0.25, -0.2) is 0 Å². The Morgan fingerprint density at radius 2 is 1.26 bits per heavy atom. The molecule has 1 nitrogen and oxygen atoms in total. The number of hydrogen-bond acceptors (Lipinski definition) is 1. The maximum atomic E-state index is 12.7. The lowest BCUT2D eigenvalue weighted by Gasteiger charge is -2.74. The molecule has 0 radical (unpaired) electrons. The molecule has 0 aromatic heterocycles. The van der Waals surface area contributed by atoms with Crippen LogP contribution in [0.4, 0.5) is 0 Å². The molecule has 0 aromatic rings. The Kier molecular flexibility index (Phi) is 4.65. The van der Waals surface area contributed by atoms with E-state index in [9.17, 15) is 4.79 Å². The van der Waals surface area contributed by atoms with E-state index in [1.54, 1.807) is 0 Å². The van der Waals surface area contributed by atoms with Gasteiger partial charge >= 0.3 is 0 Å². The molecule has 0 unspecified atom stereocenters. The number of hydrogen-bond donors (Lipinski definition) is 0.